The van der Waals surface area contributed by atoms with Crippen LogP contribution in [0.3, 0.4) is 0 Å². The number of halogens is 7. The number of nitrogens with one attached hydrogen (secondary N) is 1. The molecule has 2 aromatic carbocycles. The van der Waals surface area contributed by atoms with Crippen LogP contribution in [0.1, 0.15) is 27.3 Å². The molecule has 214 valence electrons. The smallest absolute Gasteiger partial charge is 0.454 e. The maximum Gasteiger partial charge on any atom is 0.490 e. The van der Waals surface area contributed by atoms with Gasteiger partial charge in [0.05, 0.1) is 34.4 Å². The molecule has 0 radical (unpaired) electrons. The number of carbonyl (C=O) groups excluding carboxylic acids is 2. The highest BCUT2D eigenvalue weighted by molar-refractivity contribution is 6.07. The molecular formula is C26H18F7N5O3. The summed E-state index contributed by atoms with van der Waals surface area (Å²) in [5.74, 6) is -4.87. The van der Waals surface area contributed by atoms with E-state index in [1.165, 1.54) is 55.2 Å². The van der Waals surface area contributed by atoms with E-state index in [1.54, 1.807) is 0 Å². The molecule has 4 aromatic rings. The Morgan fingerprint density at radius 1 is 1.02 bits per heavy atom. The molecule has 1 N–H and O–H groups in total. The average Bonchev–Trinajstić information content (AvgIpc) is 3.33. The number of rotatable bonds is 6. The molecule has 0 aliphatic carbocycles. The Morgan fingerprint density at radius 2 is 1.73 bits per heavy atom. The lowest BCUT2D eigenvalue weighted by Crippen LogP contribution is -2.25. The van der Waals surface area contributed by atoms with E-state index in [4.69, 9.17) is 0 Å². The van der Waals surface area contributed by atoms with Gasteiger partial charge in [-0.1, -0.05) is 24.3 Å². The van der Waals surface area contributed by atoms with Gasteiger partial charge in [-0.05, 0) is 30.7 Å². The van der Waals surface area contributed by atoms with Crippen LogP contribution in [0.15, 0.2) is 54.9 Å². The number of alkyl halides is 6. The van der Waals surface area contributed by atoms with Gasteiger partial charge in [-0.25, -0.2) is 19.2 Å². The van der Waals surface area contributed by atoms with Gasteiger partial charge in [0.1, 0.15) is 18.2 Å². The summed E-state index contributed by atoms with van der Waals surface area (Å²) in [4.78, 5) is 32.6. The lowest BCUT2D eigenvalue weighted by molar-refractivity contribution is -0.201. The zero-order chi connectivity index (χ0) is 30.1. The first-order chi connectivity index (χ1) is 19.1. The first kappa shape index (κ1) is 29.2. The lowest BCUT2D eigenvalue weighted by atomic mass is 9.99. The lowest BCUT2D eigenvalue weighted by Gasteiger charge is -2.16. The van der Waals surface area contributed by atoms with Crippen molar-refractivity contribution >= 4 is 17.6 Å². The summed E-state index contributed by atoms with van der Waals surface area (Å²) in [6.07, 6.45) is -7.67. The maximum absolute atomic E-state index is 14.9. The van der Waals surface area contributed by atoms with Gasteiger partial charge in [0.2, 0.25) is 0 Å². The summed E-state index contributed by atoms with van der Waals surface area (Å²) < 4.78 is 99.4. The molecule has 2 heterocycles. The molecule has 0 atom stereocenters. The van der Waals surface area contributed by atoms with Gasteiger partial charge in [0, 0.05) is 24.4 Å². The van der Waals surface area contributed by atoms with E-state index < -0.39 is 53.3 Å². The number of esters is 1. The van der Waals surface area contributed by atoms with Crippen molar-refractivity contribution in [1.82, 2.24) is 19.7 Å². The third-order valence-electron chi connectivity index (χ3n) is 5.67. The van der Waals surface area contributed by atoms with Crippen molar-refractivity contribution in [2.45, 2.75) is 25.9 Å². The third kappa shape index (κ3) is 6.50. The van der Waals surface area contributed by atoms with Crippen LogP contribution in [0.25, 0.3) is 22.5 Å². The molecule has 41 heavy (non-hydrogen) atoms. The molecule has 0 spiro atoms. The van der Waals surface area contributed by atoms with Crippen molar-refractivity contribution in [3.63, 3.8) is 0 Å². The summed E-state index contributed by atoms with van der Waals surface area (Å²) in [6.45, 7) is 0.683. The second kappa shape index (κ2) is 11.0. The van der Waals surface area contributed by atoms with Gasteiger partial charge in [-0.2, -0.15) is 31.4 Å². The van der Waals surface area contributed by atoms with E-state index in [2.05, 4.69) is 25.1 Å². The molecule has 0 saturated carbocycles. The Morgan fingerprint density at radius 3 is 2.37 bits per heavy atom. The number of amides is 1. The first-order valence-corrected chi connectivity index (χ1v) is 11.5. The zero-order valence-electron chi connectivity index (χ0n) is 21.1. The molecule has 2 aromatic heterocycles. The van der Waals surface area contributed by atoms with Gasteiger partial charge < -0.3 is 10.1 Å². The Balaban J connectivity index is 1.73. The minimum absolute atomic E-state index is 0.0261. The van der Waals surface area contributed by atoms with Gasteiger partial charge >= 0.3 is 18.3 Å². The molecule has 1 amide bonds. The predicted molar refractivity (Wildman–Crippen MR) is 130 cm³/mol. The number of anilines is 1. The van der Waals surface area contributed by atoms with Crippen molar-refractivity contribution in [1.29, 1.82) is 0 Å². The minimum atomic E-state index is -5.22. The van der Waals surface area contributed by atoms with E-state index in [0.717, 1.165) is 12.3 Å². The summed E-state index contributed by atoms with van der Waals surface area (Å²) >= 11 is 0. The molecule has 0 unspecified atom stereocenters. The van der Waals surface area contributed by atoms with Crippen molar-refractivity contribution in [3.05, 3.63) is 83.2 Å². The molecule has 0 aliphatic heterocycles. The standard InChI is InChI=1S/C26H18F7N5O3/c1-13-34-11-21(22(35-13)15-6-4-3-5-14(15)12-41-24(40)26(31,32)33)36-23(39)17-9-16(20-7-8-38(2)37-20)18(10-19(17)27)25(28,29)30/h3-11H,12H2,1-2H3,(H,36,39). The van der Waals surface area contributed by atoms with Crippen LogP contribution in [0.5, 0.6) is 0 Å². The van der Waals surface area contributed by atoms with Gasteiger partial charge in [0.25, 0.3) is 5.91 Å². The average molecular weight is 581 g/mol. The molecule has 4 rings (SSSR count). The normalized spacial score (nSPS) is 11.8. The molecule has 0 bridgehead atoms. The second-order valence-electron chi connectivity index (χ2n) is 8.61. The Kier molecular flexibility index (Phi) is 7.81. The molecule has 8 nitrogen and oxygen atoms in total. The van der Waals surface area contributed by atoms with Gasteiger partial charge in [0.15, 0.2) is 0 Å². The minimum Gasteiger partial charge on any atom is -0.454 e. The van der Waals surface area contributed by atoms with Gasteiger partial charge in [-0.15, -0.1) is 0 Å². The number of hydrogen-bond acceptors (Lipinski definition) is 6. The predicted octanol–water partition coefficient (Wildman–Crippen LogP) is 5.87. The summed E-state index contributed by atoms with van der Waals surface area (Å²) in [5.41, 5.74) is -2.74. The number of benzene rings is 2. The van der Waals surface area contributed by atoms with Crippen LogP contribution in [0.2, 0.25) is 0 Å². The fourth-order valence-corrected chi connectivity index (χ4v) is 3.81. The maximum atomic E-state index is 14.9. The molecule has 0 saturated heterocycles. The fourth-order valence-electron chi connectivity index (χ4n) is 3.81. The number of aromatic nitrogens is 4. The molecule has 0 aliphatic rings. The first-order valence-electron chi connectivity index (χ1n) is 11.5. The fraction of sp³-hybridized carbons (Fsp3) is 0.192. The Hall–Kier alpha value is -4.82. The highest BCUT2D eigenvalue weighted by atomic mass is 19.4. The van der Waals surface area contributed by atoms with E-state index in [1.807, 2.05) is 0 Å². The van der Waals surface area contributed by atoms with E-state index in [0.29, 0.717) is 0 Å². The van der Waals surface area contributed by atoms with Crippen molar-refractivity contribution in [3.8, 4) is 22.5 Å². The number of carbonyl (C=O) groups is 2. The van der Waals surface area contributed by atoms with Crippen molar-refractivity contribution in [2.75, 3.05) is 5.32 Å². The monoisotopic (exact) mass is 581 g/mol. The van der Waals surface area contributed by atoms with Gasteiger partial charge in [-0.3, -0.25) is 9.48 Å². The van der Waals surface area contributed by atoms with Crippen LogP contribution in [-0.2, 0) is 29.4 Å². The van der Waals surface area contributed by atoms with Crippen LogP contribution in [-0.4, -0.2) is 37.8 Å². The summed E-state index contributed by atoms with van der Waals surface area (Å²) in [6, 6.07) is 7.91. The van der Waals surface area contributed by atoms with E-state index in [-0.39, 0.29) is 40.1 Å². The molecular weight excluding hydrogens is 563 g/mol. The SMILES string of the molecule is Cc1ncc(NC(=O)c2cc(-c3ccn(C)n3)c(C(F)(F)F)cc2F)c(-c2ccccc2COC(=O)C(F)(F)F)n1. The molecule has 0 fully saturated rings. The zero-order valence-corrected chi connectivity index (χ0v) is 21.1. The van der Waals surface area contributed by atoms with E-state index in [9.17, 15) is 40.3 Å². The Bertz CT molecular complexity index is 1630. The van der Waals surface area contributed by atoms with Crippen molar-refractivity contribution < 1.29 is 45.1 Å². The summed E-state index contributed by atoms with van der Waals surface area (Å²) in [5, 5.41) is 6.28. The number of nitrogens with zero attached hydrogens (tertiary/aromatic N) is 4. The molecule has 15 heteroatoms. The topological polar surface area (TPSA) is 99.0 Å². The number of ether oxygens (including phenoxy) is 1. The van der Waals surface area contributed by atoms with Crippen LogP contribution in [0, 0.1) is 12.7 Å². The highest BCUT2D eigenvalue weighted by Crippen LogP contribution is 2.38. The van der Waals surface area contributed by atoms with E-state index >= 15 is 0 Å². The highest BCUT2D eigenvalue weighted by Gasteiger charge is 2.41. The van der Waals surface area contributed by atoms with Crippen LogP contribution >= 0.6 is 0 Å². The van der Waals surface area contributed by atoms with Crippen LogP contribution in [0.4, 0.5) is 36.4 Å². The van der Waals surface area contributed by atoms with Crippen molar-refractivity contribution in [2.24, 2.45) is 7.05 Å². The largest absolute Gasteiger partial charge is 0.490 e. The Labute approximate surface area is 226 Å². The second-order valence-corrected chi connectivity index (χ2v) is 8.61. The number of hydrogen-bond donors (Lipinski definition) is 1. The number of aryl methyl sites for hydroxylation is 2. The summed E-state index contributed by atoms with van der Waals surface area (Å²) in [7, 11) is 1.47. The van der Waals surface area contributed by atoms with Crippen LogP contribution < -0.4 is 5.32 Å². The third-order valence-corrected chi connectivity index (χ3v) is 5.67. The quantitative estimate of drug-likeness (QED) is 0.226.